The quantitative estimate of drug-likeness (QED) is 0.787. The number of sulfone groups is 1. The van der Waals surface area contributed by atoms with Crippen molar-refractivity contribution in [3.8, 4) is 11.4 Å². The van der Waals surface area contributed by atoms with Crippen LogP contribution in [-0.4, -0.2) is 55.1 Å². The normalized spacial score (nSPS) is 19.0. The van der Waals surface area contributed by atoms with Crippen LogP contribution in [0.3, 0.4) is 0 Å². The van der Waals surface area contributed by atoms with Gasteiger partial charge in [-0.25, -0.2) is 13.4 Å². The first-order valence-corrected chi connectivity index (χ1v) is 10.6. The maximum Gasteiger partial charge on any atom is 0.147 e. The molecule has 0 saturated carbocycles. The molecule has 0 radical (unpaired) electrons. The Morgan fingerprint density at radius 3 is 2.72 bits per heavy atom. The Hall–Kier alpha value is -1.86. The van der Waals surface area contributed by atoms with Gasteiger partial charge in [-0.2, -0.15) is 0 Å². The van der Waals surface area contributed by atoms with E-state index in [0.717, 1.165) is 49.7 Å². The number of hydrogen-bond acceptors (Lipinski definition) is 5. The molecule has 7 heteroatoms. The van der Waals surface area contributed by atoms with Crippen molar-refractivity contribution in [2.24, 2.45) is 5.92 Å². The van der Waals surface area contributed by atoms with E-state index in [1.165, 1.54) is 6.26 Å². The standard InChI is InChI=1S/C18H25N3O3S/c1-24-17-7-5-16(6-8-17)21-11-9-19-18(21)13-20-10-3-4-15(12-20)14-25(2,22)23/h5-9,11,15H,3-4,10,12-14H2,1-2H3. The third-order valence-corrected chi connectivity index (χ3v) is 5.65. The maximum atomic E-state index is 11.6. The summed E-state index contributed by atoms with van der Waals surface area (Å²) in [4.78, 5) is 6.81. The highest BCUT2D eigenvalue weighted by atomic mass is 32.2. The van der Waals surface area contributed by atoms with E-state index in [0.29, 0.717) is 0 Å². The second-order valence-electron chi connectivity index (χ2n) is 6.75. The molecule has 1 aromatic carbocycles. The van der Waals surface area contributed by atoms with Gasteiger partial charge in [-0.15, -0.1) is 0 Å². The van der Waals surface area contributed by atoms with E-state index in [1.54, 1.807) is 13.3 Å². The third kappa shape index (κ3) is 4.83. The lowest BCUT2D eigenvalue weighted by atomic mass is 10.0. The molecule has 1 unspecified atom stereocenters. The van der Waals surface area contributed by atoms with Gasteiger partial charge in [0.25, 0.3) is 0 Å². The lowest BCUT2D eigenvalue weighted by Crippen LogP contribution is -2.38. The molecular weight excluding hydrogens is 338 g/mol. The average molecular weight is 363 g/mol. The van der Waals surface area contributed by atoms with Crippen LogP contribution < -0.4 is 4.74 Å². The predicted molar refractivity (Wildman–Crippen MR) is 97.8 cm³/mol. The third-order valence-electron chi connectivity index (χ3n) is 4.57. The SMILES string of the molecule is COc1ccc(-n2ccnc2CN2CCCC(CS(C)(=O)=O)C2)cc1. The number of aromatic nitrogens is 2. The van der Waals surface area contributed by atoms with E-state index in [9.17, 15) is 8.42 Å². The largest absolute Gasteiger partial charge is 0.497 e. The minimum atomic E-state index is -2.93. The number of methoxy groups -OCH3 is 1. The zero-order chi connectivity index (χ0) is 17.9. The van der Waals surface area contributed by atoms with Crippen LogP contribution in [0.15, 0.2) is 36.7 Å². The first-order valence-electron chi connectivity index (χ1n) is 8.51. The van der Waals surface area contributed by atoms with E-state index >= 15 is 0 Å². The Bertz CT molecular complexity index is 799. The molecule has 25 heavy (non-hydrogen) atoms. The Kier molecular flexibility index (Phi) is 5.44. The Balaban J connectivity index is 1.70. The molecule has 0 bridgehead atoms. The van der Waals surface area contributed by atoms with Crippen LogP contribution in [0.2, 0.25) is 0 Å². The fraction of sp³-hybridized carbons (Fsp3) is 0.500. The molecule has 2 aromatic rings. The predicted octanol–water partition coefficient (Wildman–Crippen LogP) is 2.14. The van der Waals surface area contributed by atoms with Gasteiger partial charge in [-0.3, -0.25) is 4.90 Å². The summed E-state index contributed by atoms with van der Waals surface area (Å²) in [6.45, 7) is 2.51. The van der Waals surface area contributed by atoms with Crippen LogP contribution in [-0.2, 0) is 16.4 Å². The minimum Gasteiger partial charge on any atom is -0.497 e. The van der Waals surface area contributed by atoms with Gasteiger partial charge in [0.1, 0.15) is 21.4 Å². The zero-order valence-corrected chi connectivity index (χ0v) is 15.6. The van der Waals surface area contributed by atoms with Gasteiger partial charge in [-0.1, -0.05) is 0 Å². The van der Waals surface area contributed by atoms with Gasteiger partial charge in [0.05, 0.1) is 19.4 Å². The topological polar surface area (TPSA) is 64.4 Å². The molecule has 0 N–H and O–H groups in total. The summed E-state index contributed by atoms with van der Waals surface area (Å²) in [6.07, 6.45) is 7.09. The lowest BCUT2D eigenvalue weighted by molar-refractivity contribution is 0.173. The molecule has 2 heterocycles. The monoisotopic (exact) mass is 363 g/mol. The van der Waals surface area contributed by atoms with Gasteiger partial charge in [0.2, 0.25) is 0 Å². The molecule has 1 aromatic heterocycles. The number of likely N-dealkylation sites (tertiary alicyclic amines) is 1. The van der Waals surface area contributed by atoms with E-state index in [-0.39, 0.29) is 11.7 Å². The molecule has 1 fully saturated rings. The Morgan fingerprint density at radius 1 is 1.28 bits per heavy atom. The van der Waals surface area contributed by atoms with Crippen LogP contribution in [0.5, 0.6) is 5.75 Å². The van der Waals surface area contributed by atoms with Crippen LogP contribution in [0.4, 0.5) is 0 Å². The van der Waals surface area contributed by atoms with Crippen molar-refractivity contribution in [3.63, 3.8) is 0 Å². The highest BCUT2D eigenvalue weighted by Gasteiger charge is 2.24. The van der Waals surface area contributed by atoms with Gasteiger partial charge in [0, 0.05) is 30.9 Å². The smallest absolute Gasteiger partial charge is 0.147 e. The highest BCUT2D eigenvalue weighted by molar-refractivity contribution is 7.90. The van der Waals surface area contributed by atoms with Crippen LogP contribution in [0.1, 0.15) is 18.7 Å². The molecular formula is C18H25N3O3S. The summed E-state index contributed by atoms with van der Waals surface area (Å²) in [5.41, 5.74) is 1.04. The molecule has 1 atom stereocenters. The van der Waals surface area contributed by atoms with Gasteiger partial charge < -0.3 is 9.30 Å². The highest BCUT2D eigenvalue weighted by Crippen LogP contribution is 2.21. The number of piperidine rings is 1. The van der Waals surface area contributed by atoms with Crippen LogP contribution in [0.25, 0.3) is 5.69 Å². The van der Waals surface area contributed by atoms with Gasteiger partial charge >= 0.3 is 0 Å². The fourth-order valence-corrected chi connectivity index (χ4v) is 4.62. The fourth-order valence-electron chi connectivity index (χ4n) is 3.49. The zero-order valence-electron chi connectivity index (χ0n) is 14.8. The Labute approximate surface area is 149 Å². The summed E-state index contributed by atoms with van der Waals surface area (Å²) >= 11 is 0. The van der Waals surface area contributed by atoms with Crippen molar-refractivity contribution in [1.82, 2.24) is 14.5 Å². The summed E-state index contributed by atoms with van der Waals surface area (Å²) in [7, 11) is -1.27. The summed E-state index contributed by atoms with van der Waals surface area (Å²) < 4.78 is 30.4. The van der Waals surface area contributed by atoms with E-state index in [2.05, 4.69) is 14.5 Å². The molecule has 1 saturated heterocycles. The average Bonchev–Trinajstić information content (AvgIpc) is 3.02. The maximum absolute atomic E-state index is 11.6. The molecule has 6 nitrogen and oxygen atoms in total. The molecule has 0 spiro atoms. The summed E-state index contributed by atoms with van der Waals surface area (Å²) in [5, 5.41) is 0. The molecule has 136 valence electrons. The van der Waals surface area contributed by atoms with Crippen LogP contribution in [0, 0.1) is 5.92 Å². The lowest BCUT2D eigenvalue weighted by Gasteiger charge is -2.32. The second-order valence-corrected chi connectivity index (χ2v) is 8.93. The van der Waals surface area contributed by atoms with Crippen molar-refractivity contribution in [2.45, 2.75) is 19.4 Å². The molecule has 0 aliphatic carbocycles. The van der Waals surface area contributed by atoms with Crippen molar-refractivity contribution in [1.29, 1.82) is 0 Å². The summed E-state index contributed by atoms with van der Waals surface area (Å²) in [6, 6.07) is 7.88. The number of imidazole rings is 1. The Morgan fingerprint density at radius 2 is 2.04 bits per heavy atom. The molecule has 3 rings (SSSR count). The van der Waals surface area contributed by atoms with Crippen molar-refractivity contribution in [2.75, 3.05) is 32.2 Å². The molecule has 0 amide bonds. The van der Waals surface area contributed by atoms with E-state index < -0.39 is 9.84 Å². The van der Waals surface area contributed by atoms with Crippen molar-refractivity contribution in [3.05, 3.63) is 42.5 Å². The number of rotatable bonds is 6. The molecule has 1 aliphatic heterocycles. The summed E-state index contributed by atoms with van der Waals surface area (Å²) in [5.74, 6) is 2.28. The number of hydrogen-bond donors (Lipinski definition) is 0. The number of ether oxygens (including phenoxy) is 1. The van der Waals surface area contributed by atoms with E-state index in [4.69, 9.17) is 4.74 Å². The van der Waals surface area contributed by atoms with Crippen molar-refractivity contribution < 1.29 is 13.2 Å². The number of nitrogens with zero attached hydrogens (tertiary/aromatic N) is 3. The number of benzene rings is 1. The van der Waals surface area contributed by atoms with E-state index in [1.807, 2.05) is 30.5 Å². The minimum absolute atomic E-state index is 0.216. The second kappa shape index (κ2) is 7.58. The molecule has 1 aliphatic rings. The first kappa shape index (κ1) is 17.9. The van der Waals surface area contributed by atoms with Gasteiger partial charge in [-0.05, 0) is 49.6 Å². The van der Waals surface area contributed by atoms with Gasteiger partial charge in [0.15, 0.2) is 0 Å². The van der Waals surface area contributed by atoms with Crippen molar-refractivity contribution >= 4 is 9.84 Å². The van der Waals surface area contributed by atoms with Crippen LogP contribution >= 0.6 is 0 Å². The first-order chi connectivity index (χ1) is 11.9.